The van der Waals surface area contributed by atoms with E-state index in [0.717, 1.165) is 30.9 Å². The van der Waals surface area contributed by atoms with Gasteiger partial charge in [-0.25, -0.2) is 4.79 Å². The Morgan fingerprint density at radius 3 is 2.79 bits per heavy atom. The molecule has 0 unspecified atom stereocenters. The van der Waals surface area contributed by atoms with E-state index in [4.69, 9.17) is 9.47 Å². The van der Waals surface area contributed by atoms with E-state index in [1.54, 1.807) is 0 Å². The molecule has 2 aromatic rings. The second-order valence-electron chi connectivity index (χ2n) is 6.43. The molecule has 1 aliphatic carbocycles. The van der Waals surface area contributed by atoms with Crippen LogP contribution >= 0.6 is 0 Å². The first-order valence-electron chi connectivity index (χ1n) is 8.86. The van der Waals surface area contributed by atoms with Gasteiger partial charge in [-0.05, 0) is 42.5 Å². The third-order valence-corrected chi connectivity index (χ3v) is 4.65. The van der Waals surface area contributed by atoms with Gasteiger partial charge >= 0.3 is 11.7 Å². The maximum absolute atomic E-state index is 12.2. The molecular formula is C20H20N2O6. The fourth-order valence-electron chi connectivity index (χ4n) is 3.31. The molecule has 3 rings (SSSR count). The molecule has 8 nitrogen and oxygen atoms in total. The van der Waals surface area contributed by atoms with Crippen LogP contribution in [0, 0.1) is 10.1 Å². The highest BCUT2D eigenvalue weighted by Crippen LogP contribution is 2.29. The van der Waals surface area contributed by atoms with Crippen LogP contribution in [0.3, 0.4) is 0 Å². The number of nitrogens with zero attached hydrogens (tertiary/aromatic N) is 1. The third kappa shape index (κ3) is 4.28. The predicted octanol–water partition coefficient (Wildman–Crippen LogP) is 2.95. The summed E-state index contributed by atoms with van der Waals surface area (Å²) in [5.74, 6) is -1.20. The van der Waals surface area contributed by atoms with Crippen molar-refractivity contribution in [2.75, 3.05) is 13.7 Å². The van der Waals surface area contributed by atoms with E-state index < -0.39 is 23.4 Å². The molecule has 2 aromatic carbocycles. The Morgan fingerprint density at radius 1 is 1.25 bits per heavy atom. The van der Waals surface area contributed by atoms with Crippen LogP contribution < -0.4 is 10.1 Å². The minimum absolute atomic E-state index is 0.0247. The first kappa shape index (κ1) is 19.3. The SMILES string of the molecule is COc1ccc(C(=O)OCC(=O)N[C@H]2CCCc3ccccc32)cc1[N+](=O)[O-]. The number of carbonyl (C=O) groups excluding carboxylic acids is 2. The number of benzene rings is 2. The summed E-state index contributed by atoms with van der Waals surface area (Å²) in [4.78, 5) is 34.8. The van der Waals surface area contributed by atoms with Gasteiger partial charge in [-0.15, -0.1) is 0 Å². The molecule has 1 amide bonds. The van der Waals surface area contributed by atoms with Crippen LogP contribution in [0.1, 0.15) is 40.4 Å². The first-order valence-corrected chi connectivity index (χ1v) is 8.86. The van der Waals surface area contributed by atoms with Gasteiger partial charge in [0.25, 0.3) is 5.91 Å². The van der Waals surface area contributed by atoms with Gasteiger partial charge in [-0.2, -0.15) is 0 Å². The summed E-state index contributed by atoms with van der Waals surface area (Å²) < 4.78 is 9.91. The van der Waals surface area contributed by atoms with Crippen LogP contribution in [0.5, 0.6) is 5.75 Å². The van der Waals surface area contributed by atoms with Gasteiger partial charge < -0.3 is 14.8 Å². The summed E-state index contributed by atoms with van der Waals surface area (Å²) >= 11 is 0. The summed E-state index contributed by atoms with van der Waals surface area (Å²) in [5, 5.41) is 13.9. The maximum Gasteiger partial charge on any atom is 0.338 e. The lowest BCUT2D eigenvalue weighted by Crippen LogP contribution is -2.34. The van der Waals surface area contributed by atoms with Gasteiger partial charge in [-0.3, -0.25) is 14.9 Å². The average molecular weight is 384 g/mol. The minimum atomic E-state index is -0.815. The molecule has 0 heterocycles. The molecular weight excluding hydrogens is 364 g/mol. The monoisotopic (exact) mass is 384 g/mol. The van der Waals surface area contributed by atoms with E-state index in [-0.39, 0.29) is 23.0 Å². The van der Waals surface area contributed by atoms with Crippen molar-refractivity contribution in [2.45, 2.75) is 25.3 Å². The second kappa shape index (κ2) is 8.51. The molecule has 1 N–H and O–H groups in total. The van der Waals surface area contributed by atoms with Crippen molar-refractivity contribution in [3.63, 3.8) is 0 Å². The van der Waals surface area contributed by atoms with Crippen LogP contribution in [0.15, 0.2) is 42.5 Å². The summed E-state index contributed by atoms with van der Waals surface area (Å²) in [7, 11) is 1.30. The standard InChI is InChI=1S/C20H20N2O6/c1-27-18-10-9-14(11-17(18)22(25)26)20(24)28-12-19(23)21-16-8-4-6-13-5-2-3-7-15(13)16/h2-3,5,7,9-11,16H,4,6,8,12H2,1H3,(H,21,23)/t16-/m0/s1. The number of nitro groups is 1. The average Bonchev–Trinajstić information content (AvgIpc) is 2.71. The van der Waals surface area contributed by atoms with E-state index in [9.17, 15) is 19.7 Å². The number of nitro benzene ring substituents is 1. The van der Waals surface area contributed by atoms with Crippen LogP contribution in [0.4, 0.5) is 5.69 Å². The molecule has 0 aliphatic heterocycles. The predicted molar refractivity (Wildman–Crippen MR) is 100 cm³/mol. The Morgan fingerprint density at radius 2 is 2.04 bits per heavy atom. The van der Waals surface area contributed by atoms with Gasteiger partial charge in [0.15, 0.2) is 12.4 Å². The van der Waals surface area contributed by atoms with Crippen LogP contribution in [-0.2, 0) is 16.0 Å². The van der Waals surface area contributed by atoms with Crippen LogP contribution in [-0.4, -0.2) is 30.5 Å². The number of amides is 1. The van der Waals surface area contributed by atoms with Crippen molar-refractivity contribution >= 4 is 17.6 Å². The zero-order chi connectivity index (χ0) is 20.1. The van der Waals surface area contributed by atoms with Crippen molar-refractivity contribution < 1.29 is 24.0 Å². The number of nitrogens with one attached hydrogen (secondary N) is 1. The third-order valence-electron chi connectivity index (χ3n) is 4.65. The molecule has 0 fully saturated rings. The fourth-order valence-corrected chi connectivity index (χ4v) is 3.31. The Balaban J connectivity index is 1.60. The lowest BCUT2D eigenvalue weighted by atomic mass is 9.88. The molecule has 0 spiro atoms. The number of rotatable bonds is 6. The molecule has 146 valence electrons. The van der Waals surface area contributed by atoms with Gasteiger partial charge in [-0.1, -0.05) is 24.3 Å². The molecule has 0 saturated heterocycles. The number of hydrogen-bond donors (Lipinski definition) is 1. The molecule has 0 aromatic heterocycles. The Kier molecular flexibility index (Phi) is 5.88. The van der Waals surface area contributed by atoms with Gasteiger partial charge in [0.05, 0.1) is 23.6 Å². The highest BCUT2D eigenvalue weighted by Gasteiger charge is 2.23. The number of carbonyl (C=O) groups is 2. The molecule has 0 radical (unpaired) electrons. The molecule has 1 aliphatic rings. The molecule has 1 atom stereocenters. The Labute approximate surface area is 161 Å². The van der Waals surface area contributed by atoms with Crippen LogP contribution in [0.25, 0.3) is 0 Å². The highest BCUT2D eigenvalue weighted by molar-refractivity contribution is 5.92. The summed E-state index contributed by atoms with van der Waals surface area (Å²) in [6.45, 7) is -0.461. The minimum Gasteiger partial charge on any atom is -0.490 e. The molecule has 0 bridgehead atoms. The normalized spacial score (nSPS) is 15.2. The van der Waals surface area contributed by atoms with E-state index in [2.05, 4.69) is 5.32 Å². The van der Waals surface area contributed by atoms with Crippen molar-refractivity contribution in [2.24, 2.45) is 0 Å². The number of methoxy groups -OCH3 is 1. The Bertz CT molecular complexity index is 911. The fraction of sp³-hybridized carbons (Fsp3) is 0.300. The number of fused-ring (bicyclic) bond motifs is 1. The topological polar surface area (TPSA) is 108 Å². The molecule has 28 heavy (non-hydrogen) atoms. The number of aryl methyl sites for hydroxylation is 1. The van der Waals surface area contributed by atoms with Gasteiger partial charge in [0.1, 0.15) is 0 Å². The summed E-state index contributed by atoms with van der Waals surface area (Å²) in [6, 6.07) is 11.6. The van der Waals surface area contributed by atoms with Crippen molar-refractivity contribution in [3.05, 3.63) is 69.3 Å². The maximum atomic E-state index is 12.2. The lowest BCUT2D eigenvalue weighted by molar-refractivity contribution is -0.385. The number of esters is 1. The number of ether oxygens (including phenoxy) is 2. The summed E-state index contributed by atoms with van der Waals surface area (Å²) in [6.07, 6.45) is 2.77. The van der Waals surface area contributed by atoms with Gasteiger partial charge in [0.2, 0.25) is 0 Å². The van der Waals surface area contributed by atoms with E-state index in [1.807, 2.05) is 24.3 Å². The number of hydrogen-bond acceptors (Lipinski definition) is 6. The van der Waals surface area contributed by atoms with Crippen molar-refractivity contribution in [1.29, 1.82) is 0 Å². The van der Waals surface area contributed by atoms with Crippen LogP contribution in [0.2, 0.25) is 0 Å². The molecule has 0 saturated carbocycles. The van der Waals surface area contributed by atoms with Crippen molar-refractivity contribution in [1.82, 2.24) is 5.32 Å². The zero-order valence-electron chi connectivity index (χ0n) is 15.3. The summed E-state index contributed by atoms with van der Waals surface area (Å²) in [5.41, 5.74) is 1.92. The van der Waals surface area contributed by atoms with E-state index >= 15 is 0 Å². The first-order chi connectivity index (χ1) is 13.5. The van der Waals surface area contributed by atoms with Gasteiger partial charge in [0, 0.05) is 6.07 Å². The second-order valence-corrected chi connectivity index (χ2v) is 6.43. The highest BCUT2D eigenvalue weighted by atomic mass is 16.6. The largest absolute Gasteiger partial charge is 0.490 e. The molecule has 8 heteroatoms. The van der Waals surface area contributed by atoms with E-state index in [1.165, 1.54) is 24.8 Å². The van der Waals surface area contributed by atoms with E-state index in [0.29, 0.717) is 0 Å². The lowest BCUT2D eigenvalue weighted by Gasteiger charge is -2.26. The van der Waals surface area contributed by atoms with Crippen molar-refractivity contribution in [3.8, 4) is 5.75 Å². The smallest absolute Gasteiger partial charge is 0.338 e. The Hall–Kier alpha value is -3.42. The zero-order valence-corrected chi connectivity index (χ0v) is 15.3. The quantitative estimate of drug-likeness (QED) is 0.466.